The molecule has 1 aliphatic rings. The maximum Gasteiger partial charge on any atom is 0.416 e. The van der Waals surface area contributed by atoms with Gasteiger partial charge < -0.3 is 25.0 Å². The Kier molecular flexibility index (Phi) is 7.09. The Labute approximate surface area is 202 Å². The summed E-state index contributed by atoms with van der Waals surface area (Å²) >= 11 is 0. The summed E-state index contributed by atoms with van der Waals surface area (Å²) in [6, 6.07) is 7.98. The molecular formula is C23H22F4N4O5. The first-order valence-corrected chi connectivity index (χ1v) is 10.8. The fourth-order valence-corrected chi connectivity index (χ4v) is 4.07. The molecule has 1 amide bonds. The van der Waals surface area contributed by atoms with Gasteiger partial charge in [0.2, 0.25) is 0 Å². The molecule has 5 atom stereocenters. The Bertz CT molecular complexity index is 1240. The molecule has 3 N–H and O–H groups in total. The molecule has 0 radical (unpaired) electrons. The van der Waals surface area contributed by atoms with Gasteiger partial charge in [-0.2, -0.15) is 13.2 Å². The number of benzene rings is 2. The number of hydrogen-bond acceptors (Lipinski definition) is 7. The minimum atomic E-state index is -4.67. The second kappa shape index (κ2) is 9.93. The van der Waals surface area contributed by atoms with Gasteiger partial charge in [-0.15, -0.1) is 5.10 Å². The first kappa shape index (κ1) is 25.7. The van der Waals surface area contributed by atoms with Crippen LogP contribution in [-0.2, 0) is 10.9 Å². The number of carbonyl (C=O) groups excluding carboxylic acids is 1. The van der Waals surface area contributed by atoms with E-state index in [1.165, 1.54) is 37.5 Å². The molecule has 13 heteroatoms. The van der Waals surface area contributed by atoms with E-state index in [9.17, 15) is 37.7 Å². The van der Waals surface area contributed by atoms with Gasteiger partial charge in [0, 0.05) is 18.2 Å². The highest BCUT2D eigenvalue weighted by Crippen LogP contribution is 2.33. The molecule has 2 unspecified atom stereocenters. The topological polar surface area (TPSA) is 121 Å². The van der Waals surface area contributed by atoms with E-state index in [0.29, 0.717) is 11.6 Å². The molecule has 0 aliphatic carbocycles. The number of aliphatic hydroxyl groups is 3. The number of ether oxygens (including phenoxy) is 1. The van der Waals surface area contributed by atoms with E-state index in [0.717, 1.165) is 21.7 Å². The largest absolute Gasteiger partial charge is 0.416 e. The Hall–Kier alpha value is -3.39. The lowest BCUT2D eigenvalue weighted by Crippen LogP contribution is -2.61. The molecule has 1 aromatic heterocycles. The summed E-state index contributed by atoms with van der Waals surface area (Å²) in [6.45, 7) is -0.697. The van der Waals surface area contributed by atoms with Crippen molar-refractivity contribution in [1.82, 2.24) is 19.9 Å². The second-order valence-corrected chi connectivity index (χ2v) is 8.31. The third kappa shape index (κ3) is 4.95. The van der Waals surface area contributed by atoms with E-state index in [1.54, 1.807) is 6.07 Å². The molecule has 1 saturated heterocycles. The monoisotopic (exact) mass is 510 g/mol. The molecule has 3 aromatic rings. The molecular weight excluding hydrogens is 488 g/mol. The Morgan fingerprint density at radius 2 is 1.86 bits per heavy atom. The van der Waals surface area contributed by atoms with Crippen LogP contribution in [0.5, 0.6) is 0 Å². The molecule has 0 spiro atoms. The number of rotatable bonds is 5. The van der Waals surface area contributed by atoms with Crippen molar-refractivity contribution in [2.24, 2.45) is 0 Å². The van der Waals surface area contributed by atoms with Crippen molar-refractivity contribution in [3.8, 4) is 11.3 Å². The molecule has 2 heterocycles. The van der Waals surface area contributed by atoms with Gasteiger partial charge in [0.1, 0.15) is 35.9 Å². The zero-order valence-corrected chi connectivity index (χ0v) is 18.7. The number of aliphatic hydroxyl groups excluding tert-OH is 3. The van der Waals surface area contributed by atoms with E-state index < -0.39 is 60.7 Å². The number of aromatic nitrogens is 3. The van der Waals surface area contributed by atoms with Gasteiger partial charge in [-0.3, -0.25) is 4.79 Å². The van der Waals surface area contributed by atoms with Crippen LogP contribution in [0, 0.1) is 5.82 Å². The van der Waals surface area contributed by atoms with Gasteiger partial charge in [0.25, 0.3) is 5.91 Å². The fourth-order valence-electron chi connectivity index (χ4n) is 4.07. The maximum atomic E-state index is 13.6. The average Bonchev–Trinajstić information content (AvgIpc) is 3.33. The standard InChI is InChI=1S/C23H22F4N4O5/c1-30(21(35)13-5-2-6-14(8-13)23(25,26)27)22-20(34)18(19(33)17(11-32)36-22)31-10-16(28-29-31)12-4-3-7-15(24)9-12/h2-10,17-20,22,32-34H,11H2,1H3/t17?,18-,19-,20?,22+/m0/s1. The second-order valence-electron chi connectivity index (χ2n) is 8.31. The van der Waals surface area contributed by atoms with Crippen molar-refractivity contribution in [3.05, 3.63) is 71.7 Å². The van der Waals surface area contributed by atoms with Crippen molar-refractivity contribution in [2.45, 2.75) is 36.8 Å². The Morgan fingerprint density at radius 1 is 1.14 bits per heavy atom. The predicted molar refractivity (Wildman–Crippen MR) is 116 cm³/mol. The van der Waals surface area contributed by atoms with Crippen LogP contribution in [0.2, 0.25) is 0 Å². The highest BCUT2D eigenvalue weighted by atomic mass is 19.4. The minimum absolute atomic E-state index is 0.228. The lowest BCUT2D eigenvalue weighted by molar-refractivity contribution is -0.235. The number of nitrogens with zero attached hydrogens (tertiary/aromatic N) is 4. The molecule has 36 heavy (non-hydrogen) atoms. The summed E-state index contributed by atoms with van der Waals surface area (Å²) in [4.78, 5) is 13.9. The van der Waals surface area contributed by atoms with Gasteiger partial charge in [-0.05, 0) is 30.3 Å². The summed E-state index contributed by atoms with van der Waals surface area (Å²) in [6.07, 6.45) is -9.21. The van der Waals surface area contributed by atoms with Crippen LogP contribution in [0.3, 0.4) is 0 Å². The first-order valence-electron chi connectivity index (χ1n) is 10.8. The van der Waals surface area contributed by atoms with Crippen LogP contribution in [0.25, 0.3) is 11.3 Å². The van der Waals surface area contributed by atoms with Gasteiger partial charge in [0.15, 0.2) is 6.23 Å². The van der Waals surface area contributed by atoms with Crippen LogP contribution >= 0.6 is 0 Å². The van der Waals surface area contributed by atoms with Gasteiger partial charge >= 0.3 is 6.18 Å². The van der Waals surface area contributed by atoms with E-state index in [4.69, 9.17) is 4.74 Å². The summed E-state index contributed by atoms with van der Waals surface area (Å²) in [7, 11) is 1.21. The smallest absolute Gasteiger partial charge is 0.394 e. The lowest BCUT2D eigenvalue weighted by atomic mass is 9.94. The van der Waals surface area contributed by atoms with Gasteiger partial charge in [0.05, 0.1) is 18.4 Å². The third-order valence-electron chi connectivity index (χ3n) is 5.94. The summed E-state index contributed by atoms with van der Waals surface area (Å²) in [5.41, 5.74) is -0.725. The SMILES string of the molecule is CN(C(=O)c1cccc(C(F)(F)F)c1)[C@@H]1OC(CO)[C@H](O)[C@H](n2cc(-c3cccc(F)c3)nn2)C1O. The van der Waals surface area contributed by atoms with Crippen LogP contribution in [0.4, 0.5) is 17.6 Å². The van der Waals surface area contributed by atoms with E-state index in [2.05, 4.69) is 10.3 Å². The van der Waals surface area contributed by atoms with Crippen molar-refractivity contribution in [1.29, 1.82) is 0 Å². The molecule has 1 fully saturated rings. The molecule has 2 aromatic carbocycles. The van der Waals surface area contributed by atoms with Crippen LogP contribution in [-0.4, -0.2) is 79.3 Å². The number of carbonyl (C=O) groups is 1. The number of likely N-dealkylation sites (N-methyl/N-ethyl adjacent to an activating group) is 1. The number of alkyl halides is 3. The van der Waals surface area contributed by atoms with Crippen molar-refractivity contribution >= 4 is 5.91 Å². The van der Waals surface area contributed by atoms with Crippen LogP contribution in [0.1, 0.15) is 22.0 Å². The van der Waals surface area contributed by atoms with Crippen molar-refractivity contribution in [3.63, 3.8) is 0 Å². The van der Waals surface area contributed by atoms with Crippen LogP contribution < -0.4 is 0 Å². The quantitative estimate of drug-likeness (QED) is 0.448. The van der Waals surface area contributed by atoms with Crippen LogP contribution in [0.15, 0.2) is 54.7 Å². The molecule has 1 aliphatic heterocycles. The number of amides is 1. The lowest BCUT2D eigenvalue weighted by Gasteiger charge is -2.45. The van der Waals surface area contributed by atoms with Gasteiger partial charge in [-0.25, -0.2) is 9.07 Å². The van der Waals surface area contributed by atoms with Crippen molar-refractivity contribution in [2.75, 3.05) is 13.7 Å². The normalized spacial score (nSPS) is 24.5. The van der Waals surface area contributed by atoms with E-state index in [-0.39, 0.29) is 11.3 Å². The Balaban J connectivity index is 1.63. The molecule has 192 valence electrons. The number of hydrogen-bond donors (Lipinski definition) is 3. The summed E-state index contributed by atoms with van der Waals surface area (Å²) in [5.74, 6) is -1.40. The van der Waals surface area contributed by atoms with Gasteiger partial charge in [-0.1, -0.05) is 23.4 Å². The van der Waals surface area contributed by atoms with E-state index >= 15 is 0 Å². The molecule has 9 nitrogen and oxygen atoms in total. The zero-order chi connectivity index (χ0) is 26.2. The highest BCUT2D eigenvalue weighted by Gasteiger charge is 2.48. The minimum Gasteiger partial charge on any atom is -0.394 e. The van der Waals surface area contributed by atoms with E-state index in [1.807, 2.05) is 0 Å². The summed E-state index contributed by atoms with van der Waals surface area (Å²) in [5, 5.41) is 39.4. The Morgan fingerprint density at radius 3 is 2.53 bits per heavy atom. The van der Waals surface area contributed by atoms with Crippen molar-refractivity contribution < 1.29 is 42.4 Å². The average molecular weight is 510 g/mol. The fraction of sp³-hybridized carbons (Fsp3) is 0.348. The highest BCUT2D eigenvalue weighted by molar-refractivity contribution is 5.94. The first-order chi connectivity index (χ1) is 17.0. The predicted octanol–water partition coefficient (Wildman–Crippen LogP) is 1.86. The molecule has 0 bridgehead atoms. The third-order valence-corrected chi connectivity index (χ3v) is 5.94. The maximum absolute atomic E-state index is 13.6. The molecule has 0 saturated carbocycles. The zero-order valence-electron chi connectivity index (χ0n) is 18.7. The summed E-state index contributed by atoms with van der Waals surface area (Å²) < 4.78 is 59.5. The molecule has 4 rings (SSSR count). The number of halogens is 4.